The molecule has 0 fully saturated rings. The third-order valence-corrected chi connectivity index (χ3v) is 1.26. The molecule has 62 valence electrons. The first-order chi connectivity index (χ1) is 5.11. The summed E-state index contributed by atoms with van der Waals surface area (Å²) < 4.78 is 5.00. The van der Waals surface area contributed by atoms with Crippen LogP contribution in [0, 0.1) is 5.41 Å². The van der Waals surface area contributed by atoms with Crippen molar-refractivity contribution in [1.29, 1.82) is 5.41 Å². The van der Waals surface area contributed by atoms with Gasteiger partial charge in [0.1, 0.15) is 5.76 Å². The molecular formula is C8H14N2O. The van der Waals surface area contributed by atoms with Crippen molar-refractivity contribution in [2.24, 2.45) is 4.99 Å². The first kappa shape index (κ1) is 9.88. The third kappa shape index (κ3) is 3.55. The number of rotatable bonds is 3. The summed E-state index contributed by atoms with van der Waals surface area (Å²) in [5.74, 6) is 0.653. The van der Waals surface area contributed by atoms with Gasteiger partial charge in [-0.15, -0.1) is 0 Å². The van der Waals surface area contributed by atoms with Gasteiger partial charge in [0.25, 0.3) is 0 Å². The highest BCUT2D eigenvalue weighted by molar-refractivity contribution is 6.03. The van der Waals surface area contributed by atoms with Gasteiger partial charge >= 0.3 is 0 Å². The summed E-state index contributed by atoms with van der Waals surface area (Å²) in [5.41, 5.74) is 1.27. The van der Waals surface area contributed by atoms with Gasteiger partial charge in [-0.05, 0) is 13.8 Å². The predicted octanol–water partition coefficient (Wildman–Crippen LogP) is 1.65. The second-order valence-corrected chi connectivity index (χ2v) is 2.20. The lowest BCUT2D eigenvalue weighted by molar-refractivity contribution is 0.315. The molecule has 0 amide bonds. The van der Waals surface area contributed by atoms with Crippen LogP contribution in [-0.4, -0.2) is 25.6 Å². The molecular weight excluding hydrogens is 140 g/mol. The maximum Gasteiger partial charge on any atom is 0.141 e. The van der Waals surface area contributed by atoms with Crippen LogP contribution in [0.1, 0.15) is 13.8 Å². The Labute approximate surface area is 67.3 Å². The van der Waals surface area contributed by atoms with Gasteiger partial charge in [-0.1, -0.05) is 0 Å². The van der Waals surface area contributed by atoms with E-state index in [-0.39, 0.29) is 0 Å². The van der Waals surface area contributed by atoms with Crippen molar-refractivity contribution < 1.29 is 4.74 Å². The zero-order valence-electron chi connectivity index (χ0n) is 7.43. The summed E-state index contributed by atoms with van der Waals surface area (Å²) in [5, 5.41) is 7.19. The van der Waals surface area contributed by atoms with E-state index in [1.807, 2.05) is 6.92 Å². The van der Waals surface area contributed by atoms with E-state index in [1.165, 1.54) is 0 Å². The van der Waals surface area contributed by atoms with Crippen LogP contribution in [0.5, 0.6) is 0 Å². The Bertz CT molecular complexity index is 204. The molecule has 0 aromatic carbocycles. The lowest BCUT2D eigenvalue weighted by Crippen LogP contribution is -2.01. The van der Waals surface area contributed by atoms with Gasteiger partial charge < -0.3 is 10.1 Å². The lowest BCUT2D eigenvalue weighted by atomic mass is 10.2. The van der Waals surface area contributed by atoms with Gasteiger partial charge in [-0.3, -0.25) is 4.99 Å². The minimum Gasteiger partial charge on any atom is -0.495 e. The van der Waals surface area contributed by atoms with Crippen LogP contribution in [0.2, 0.25) is 0 Å². The highest BCUT2D eigenvalue weighted by atomic mass is 16.5. The maximum absolute atomic E-state index is 7.19. The molecule has 11 heavy (non-hydrogen) atoms. The van der Waals surface area contributed by atoms with Crippen LogP contribution in [0.4, 0.5) is 0 Å². The fourth-order valence-electron chi connectivity index (χ4n) is 0.618. The number of methoxy groups -OCH3 is 1. The molecule has 0 heterocycles. The highest BCUT2D eigenvalue weighted by Crippen LogP contribution is 1.98. The van der Waals surface area contributed by atoms with Crippen molar-refractivity contribution in [1.82, 2.24) is 0 Å². The van der Waals surface area contributed by atoms with Gasteiger partial charge in [-0.2, -0.15) is 0 Å². The van der Waals surface area contributed by atoms with E-state index in [0.29, 0.717) is 11.5 Å². The van der Waals surface area contributed by atoms with Gasteiger partial charge in [0.2, 0.25) is 0 Å². The van der Waals surface area contributed by atoms with E-state index in [4.69, 9.17) is 10.1 Å². The van der Waals surface area contributed by atoms with Crippen molar-refractivity contribution in [3.63, 3.8) is 0 Å². The molecule has 0 saturated carbocycles. The van der Waals surface area contributed by atoms with Crippen LogP contribution < -0.4 is 0 Å². The van der Waals surface area contributed by atoms with Crippen LogP contribution in [0.15, 0.2) is 16.8 Å². The molecule has 3 nitrogen and oxygen atoms in total. The smallest absolute Gasteiger partial charge is 0.141 e. The quantitative estimate of drug-likeness (QED) is 0.487. The lowest BCUT2D eigenvalue weighted by Gasteiger charge is -2.03. The molecule has 0 aliphatic heterocycles. The molecule has 0 atom stereocenters. The fraction of sp³-hybridized carbons (Fsp3) is 0.500. The van der Waals surface area contributed by atoms with Crippen molar-refractivity contribution in [3.05, 3.63) is 11.8 Å². The van der Waals surface area contributed by atoms with Crippen molar-refractivity contribution >= 4 is 11.4 Å². The number of nitrogens with one attached hydrogen (secondary N) is 1. The largest absolute Gasteiger partial charge is 0.495 e. The van der Waals surface area contributed by atoms with Crippen LogP contribution in [0.3, 0.4) is 0 Å². The zero-order valence-corrected chi connectivity index (χ0v) is 7.43. The van der Waals surface area contributed by atoms with Crippen molar-refractivity contribution in [2.45, 2.75) is 13.8 Å². The molecule has 0 unspecified atom stereocenters. The van der Waals surface area contributed by atoms with Crippen LogP contribution >= 0.6 is 0 Å². The highest BCUT2D eigenvalue weighted by Gasteiger charge is 1.98. The summed E-state index contributed by atoms with van der Waals surface area (Å²) in [6, 6.07) is 0. The molecule has 0 aromatic heterocycles. The summed E-state index contributed by atoms with van der Waals surface area (Å²) in [4.78, 5) is 3.94. The Morgan fingerprint density at radius 2 is 2.00 bits per heavy atom. The van der Waals surface area contributed by atoms with Crippen LogP contribution in [0.25, 0.3) is 0 Å². The minimum absolute atomic E-state index is 0.463. The Hall–Kier alpha value is -1.12. The standard InChI is InChI=1S/C8H14N2O/c1-6(9)5-8(11-4)7(2)10-3/h5,9H,1-4H3/b8-5+,9-6?,10-7?. The van der Waals surface area contributed by atoms with E-state index >= 15 is 0 Å². The SMILES string of the molecule is CN=C(C)/C(=C\C(C)=N)OC. The maximum atomic E-state index is 7.19. The third-order valence-electron chi connectivity index (χ3n) is 1.26. The summed E-state index contributed by atoms with van der Waals surface area (Å²) in [7, 11) is 3.27. The van der Waals surface area contributed by atoms with E-state index in [2.05, 4.69) is 4.99 Å². The second-order valence-electron chi connectivity index (χ2n) is 2.20. The Kier molecular flexibility index (Phi) is 4.18. The number of hydrogen-bond acceptors (Lipinski definition) is 3. The molecule has 0 bridgehead atoms. The Morgan fingerprint density at radius 3 is 2.27 bits per heavy atom. The Morgan fingerprint density at radius 1 is 1.45 bits per heavy atom. The van der Waals surface area contributed by atoms with Gasteiger partial charge in [0.05, 0.1) is 12.8 Å². The number of nitrogens with zero attached hydrogens (tertiary/aromatic N) is 1. The number of allylic oxidation sites excluding steroid dienone is 2. The topological polar surface area (TPSA) is 45.4 Å². The van der Waals surface area contributed by atoms with E-state index in [9.17, 15) is 0 Å². The number of aliphatic imine (C=N–C) groups is 1. The summed E-state index contributed by atoms with van der Waals surface area (Å²) in [6.07, 6.45) is 1.64. The molecule has 1 N–H and O–H groups in total. The molecule has 0 radical (unpaired) electrons. The van der Waals surface area contributed by atoms with Gasteiger partial charge in [0.15, 0.2) is 0 Å². The van der Waals surface area contributed by atoms with Crippen LogP contribution in [-0.2, 0) is 4.74 Å². The van der Waals surface area contributed by atoms with Gasteiger partial charge in [0, 0.05) is 18.8 Å². The van der Waals surface area contributed by atoms with Crippen molar-refractivity contribution in [2.75, 3.05) is 14.2 Å². The monoisotopic (exact) mass is 154 g/mol. The van der Waals surface area contributed by atoms with Crippen molar-refractivity contribution in [3.8, 4) is 0 Å². The molecule has 0 rings (SSSR count). The molecule has 0 aromatic rings. The number of ether oxygens (including phenoxy) is 1. The molecule has 0 saturated heterocycles. The molecule has 0 aliphatic rings. The van der Waals surface area contributed by atoms with E-state index in [0.717, 1.165) is 5.71 Å². The molecule has 0 spiro atoms. The summed E-state index contributed by atoms with van der Waals surface area (Å²) in [6.45, 7) is 3.54. The van der Waals surface area contributed by atoms with E-state index < -0.39 is 0 Å². The first-order valence-corrected chi connectivity index (χ1v) is 3.36. The summed E-state index contributed by atoms with van der Waals surface area (Å²) >= 11 is 0. The normalized spacial score (nSPS) is 13.1. The predicted molar refractivity (Wildman–Crippen MR) is 47.5 cm³/mol. The number of hydrogen-bond donors (Lipinski definition) is 1. The second kappa shape index (κ2) is 4.66. The average Bonchev–Trinajstić information content (AvgIpc) is 1.98. The fourth-order valence-corrected chi connectivity index (χ4v) is 0.618. The zero-order chi connectivity index (χ0) is 8.85. The minimum atomic E-state index is 0.463. The first-order valence-electron chi connectivity index (χ1n) is 3.36. The molecule has 3 heteroatoms. The van der Waals surface area contributed by atoms with Gasteiger partial charge in [-0.25, -0.2) is 0 Å². The Balaban J connectivity index is 4.53. The van der Waals surface area contributed by atoms with E-state index in [1.54, 1.807) is 27.2 Å². The average molecular weight is 154 g/mol. The molecule has 0 aliphatic carbocycles.